The first kappa shape index (κ1) is 10.8. The Morgan fingerprint density at radius 3 is 3.00 bits per heavy atom. The number of hydrogen-bond acceptors (Lipinski definition) is 3. The molecule has 0 aromatic heterocycles. The number of amides is 1. The third-order valence-electron chi connectivity index (χ3n) is 2.36. The number of benzene rings is 1. The van der Waals surface area contributed by atoms with Crippen LogP contribution in [0.2, 0.25) is 0 Å². The van der Waals surface area contributed by atoms with Crippen LogP contribution in [0, 0.1) is 0 Å². The average molecular weight is 221 g/mol. The Morgan fingerprint density at radius 1 is 1.50 bits per heavy atom. The maximum absolute atomic E-state index is 11.3. The summed E-state index contributed by atoms with van der Waals surface area (Å²) in [4.78, 5) is 11.3. The van der Waals surface area contributed by atoms with Crippen LogP contribution in [0.15, 0.2) is 24.3 Å². The molecule has 86 valence electrons. The molecule has 0 unspecified atom stereocenters. The second kappa shape index (κ2) is 4.88. The summed E-state index contributed by atoms with van der Waals surface area (Å²) < 4.78 is 5.34. The Bertz CT molecular complexity index is 374. The van der Waals surface area contributed by atoms with Crippen LogP contribution < -0.4 is 10.1 Å². The molecule has 1 aliphatic carbocycles. The summed E-state index contributed by atoms with van der Waals surface area (Å²) in [7, 11) is 0. The molecular formula is C12H15NO3. The van der Waals surface area contributed by atoms with Gasteiger partial charge in [0.1, 0.15) is 11.5 Å². The summed E-state index contributed by atoms with van der Waals surface area (Å²) >= 11 is 0. The van der Waals surface area contributed by atoms with Crippen molar-refractivity contribution in [2.24, 2.45) is 0 Å². The van der Waals surface area contributed by atoms with Gasteiger partial charge in [0, 0.05) is 12.1 Å². The van der Waals surface area contributed by atoms with Crippen molar-refractivity contribution in [1.29, 1.82) is 0 Å². The number of rotatable bonds is 5. The number of phenols is 1. The third-order valence-corrected chi connectivity index (χ3v) is 2.36. The Morgan fingerprint density at radius 2 is 2.31 bits per heavy atom. The zero-order valence-corrected chi connectivity index (χ0v) is 8.98. The predicted molar refractivity (Wildman–Crippen MR) is 59.4 cm³/mol. The number of phenolic OH excluding ortho intramolecular Hbond substituents is 1. The first-order valence-electron chi connectivity index (χ1n) is 5.45. The minimum atomic E-state index is 0.0302. The molecule has 0 bridgehead atoms. The SMILES string of the molecule is O=C(CCOc1cccc(O)c1)NC1CC1. The van der Waals surface area contributed by atoms with Gasteiger partial charge < -0.3 is 15.2 Å². The summed E-state index contributed by atoms with van der Waals surface area (Å²) in [6, 6.07) is 6.95. The number of hydrogen-bond donors (Lipinski definition) is 2. The number of carbonyl (C=O) groups is 1. The normalized spacial score (nSPS) is 14.5. The lowest BCUT2D eigenvalue weighted by molar-refractivity contribution is -0.121. The van der Waals surface area contributed by atoms with Crippen molar-refractivity contribution in [1.82, 2.24) is 5.32 Å². The van der Waals surface area contributed by atoms with Crippen molar-refractivity contribution in [3.05, 3.63) is 24.3 Å². The maximum Gasteiger partial charge on any atom is 0.223 e. The van der Waals surface area contributed by atoms with Gasteiger partial charge in [0.2, 0.25) is 5.91 Å². The number of carbonyl (C=O) groups excluding carboxylic acids is 1. The second-order valence-electron chi connectivity index (χ2n) is 3.94. The van der Waals surface area contributed by atoms with Crippen LogP contribution in [0.25, 0.3) is 0 Å². The molecule has 0 heterocycles. The van der Waals surface area contributed by atoms with Gasteiger partial charge in [0.05, 0.1) is 13.0 Å². The minimum Gasteiger partial charge on any atom is -0.508 e. The molecule has 0 radical (unpaired) electrons. The topological polar surface area (TPSA) is 58.6 Å². The van der Waals surface area contributed by atoms with Crippen molar-refractivity contribution in [2.45, 2.75) is 25.3 Å². The molecular weight excluding hydrogens is 206 g/mol. The molecule has 4 nitrogen and oxygen atoms in total. The molecule has 2 rings (SSSR count). The Labute approximate surface area is 94.2 Å². The van der Waals surface area contributed by atoms with E-state index in [4.69, 9.17) is 4.74 Å². The van der Waals surface area contributed by atoms with E-state index >= 15 is 0 Å². The zero-order valence-electron chi connectivity index (χ0n) is 8.98. The first-order valence-corrected chi connectivity index (χ1v) is 5.45. The summed E-state index contributed by atoms with van der Waals surface area (Å²) in [5, 5.41) is 12.1. The molecule has 0 saturated heterocycles. The monoisotopic (exact) mass is 221 g/mol. The lowest BCUT2D eigenvalue weighted by atomic mass is 10.3. The highest BCUT2D eigenvalue weighted by Crippen LogP contribution is 2.19. The summed E-state index contributed by atoms with van der Waals surface area (Å²) in [5.41, 5.74) is 0. The fourth-order valence-corrected chi connectivity index (χ4v) is 1.36. The van der Waals surface area contributed by atoms with Gasteiger partial charge in [-0.25, -0.2) is 0 Å². The van der Waals surface area contributed by atoms with Crippen LogP contribution in [0.5, 0.6) is 11.5 Å². The highest BCUT2D eigenvalue weighted by atomic mass is 16.5. The van der Waals surface area contributed by atoms with Gasteiger partial charge in [-0.1, -0.05) is 6.07 Å². The van der Waals surface area contributed by atoms with Gasteiger partial charge in [-0.05, 0) is 25.0 Å². The van der Waals surface area contributed by atoms with Crippen molar-refractivity contribution in [2.75, 3.05) is 6.61 Å². The Hall–Kier alpha value is -1.71. The first-order chi connectivity index (χ1) is 7.74. The minimum absolute atomic E-state index is 0.0302. The maximum atomic E-state index is 11.3. The van der Waals surface area contributed by atoms with Crippen LogP contribution in [-0.4, -0.2) is 23.7 Å². The van der Waals surface area contributed by atoms with E-state index in [0.29, 0.717) is 24.8 Å². The Balaban J connectivity index is 1.68. The highest BCUT2D eigenvalue weighted by Gasteiger charge is 2.22. The summed E-state index contributed by atoms with van der Waals surface area (Å²) in [6.07, 6.45) is 2.55. The van der Waals surface area contributed by atoms with Crippen LogP contribution in [-0.2, 0) is 4.79 Å². The molecule has 16 heavy (non-hydrogen) atoms. The molecule has 2 N–H and O–H groups in total. The number of aromatic hydroxyl groups is 1. The molecule has 1 saturated carbocycles. The van der Waals surface area contributed by atoms with E-state index in [9.17, 15) is 9.90 Å². The van der Waals surface area contributed by atoms with Crippen LogP contribution in [0.1, 0.15) is 19.3 Å². The van der Waals surface area contributed by atoms with Crippen LogP contribution in [0.3, 0.4) is 0 Å². The van der Waals surface area contributed by atoms with Gasteiger partial charge in [-0.2, -0.15) is 0 Å². The van der Waals surface area contributed by atoms with E-state index in [1.165, 1.54) is 6.07 Å². The van der Waals surface area contributed by atoms with Gasteiger partial charge in [0.25, 0.3) is 0 Å². The lowest BCUT2D eigenvalue weighted by Crippen LogP contribution is -2.26. The highest BCUT2D eigenvalue weighted by molar-refractivity contribution is 5.76. The number of nitrogens with one attached hydrogen (secondary N) is 1. The fraction of sp³-hybridized carbons (Fsp3) is 0.417. The fourth-order valence-electron chi connectivity index (χ4n) is 1.36. The van der Waals surface area contributed by atoms with E-state index < -0.39 is 0 Å². The van der Waals surface area contributed by atoms with Gasteiger partial charge in [0.15, 0.2) is 0 Å². The molecule has 1 amide bonds. The van der Waals surface area contributed by atoms with Crippen molar-refractivity contribution in [3.8, 4) is 11.5 Å². The standard InChI is InChI=1S/C12H15NO3/c14-10-2-1-3-11(8-10)16-7-6-12(15)13-9-4-5-9/h1-3,8-9,14H,4-7H2,(H,13,15). The summed E-state index contributed by atoms with van der Waals surface area (Å²) in [5.74, 6) is 0.779. The van der Waals surface area contributed by atoms with E-state index in [0.717, 1.165) is 12.8 Å². The second-order valence-corrected chi connectivity index (χ2v) is 3.94. The summed E-state index contributed by atoms with van der Waals surface area (Å²) in [6.45, 7) is 0.335. The van der Waals surface area contributed by atoms with Gasteiger partial charge in [-0.3, -0.25) is 4.79 Å². The molecule has 1 aromatic rings. The van der Waals surface area contributed by atoms with Crippen molar-refractivity contribution < 1.29 is 14.6 Å². The molecule has 0 spiro atoms. The van der Waals surface area contributed by atoms with E-state index in [1.54, 1.807) is 18.2 Å². The molecule has 1 aromatic carbocycles. The van der Waals surface area contributed by atoms with Crippen molar-refractivity contribution in [3.63, 3.8) is 0 Å². The molecule has 1 fully saturated rings. The smallest absolute Gasteiger partial charge is 0.223 e. The van der Waals surface area contributed by atoms with Gasteiger partial charge in [-0.15, -0.1) is 0 Å². The van der Waals surface area contributed by atoms with E-state index in [2.05, 4.69) is 5.32 Å². The van der Waals surface area contributed by atoms with E-state index in [-0.39, 0.29) is 11.7 Å². The molecule has 0 atom stereocenters. The quantitative estimate of drug-likeness (QED) is 0.791. The zero-order chi connectivity index (χ0) is 11.4. The van der Waals surface area contributed by atoms with Gasteiger partial charge >= 0.3 is 0 Å². The Kier molecular flexibility index (Phi) is 3.29. The largest absolute Gasteiger partial charge is 0.508 e. The molecule has 4 heteroatoms. The lowest BCUT2D eigenvalue weighted by Gasteiger charge is -2.06. The number of ether oxygens (including phenoxy) is 1. The molecule has 0 aliphatic heterocycles. The van der Waals surface area contributed by atoms with Crippen LogP contribution >= 0.6 is 0 Å². The third kappa shape index (κ3) is 3.46. The van der Waals surface area contributed by atoms with Crippen LogP contribution in [0.4, 0.5) is 0 Å². The van der Waals surface area contributed by atoms with Crippen molar-refractivity contribution >= 4 is 5.91 Å². The molecule has 1 aliphatic rings. The predicted octanol–water partition coefficient (Wildman–Crippen LogP) is 1.44. The average Bonchev–Trinajstić information content (AvgIpc) is 3.02. The van der Waals surface area contributed by atoms with E-state index in [1.807, 2.05) is 0 Å².